The highest BCUT2D eigenvalue weighted by atomic mass is 16.5. The molecule has 0 radical (unpaired) electrons. The molecule has 0 unspecified atom stereocenters. The number of hydrogen-bond acceptors (Lipinski definition) is 5. The van der Waals surface area contributed by atoms with Crippen LogP contribution < -0.4 is 10.3 Å². The highest BCUT2D eigenvalue weighted by Crippen LogP contribution is 2.10. The summed E-state index contributed by atoms with van der Waals surface area (Å²) in [6, 6.07) is 6.00. The molecular formula is C11H12N2O4. The van der Waals surface area contributed by atoms with Gasteiger partial charge in [-0.15, -0.1) is 0 Å². The van der Waals surface area contributed by atoms with Gasteiger partial charge in [-0.2, -0.15) is 0 Å². The van der Waals surface area contributed by atoms with Gasteiger partial charge in [-0.3, -0.25) is 4.79 Å². The van der Waals surface area contributed by atoms with Crippen LogP contribution in [-0.4, -0.2) is 27.3 Å². The van der Waals surface area contributed by atoms with Crippen LogP contribution >= 0.6 is 0 Å². The van der Waals surface area contributed by atoms with E-state index in [1.54, 1.807) is 12.1 Å². The lowest BCUT2D eigenvalue weighted by Crippen LogP contribution is -2.01. The number of nitrogens with zero attached hydrogens (tertiary/aromatic N) is 1. The minimum Gasteiger partial charge on any atom is -0.506 e. The van der Waals surface area contributed by atoms with Crippen molar-refractivity contribution in [2.45, 2.75) is 0 Å². The molecule has 0 aliphatic rings. The number of H-pyrrole nitrogens is 1. The van der Waals surface area contributed by atoms with E-state index in [0.717, 1.165) is 0 Å². The lowest BCUT2D eigenvalue weighted by Gasteiger charge is -1.95. The van der Waals surface area contributed by atoms with Crippen molar-refractivity contribution in [2.24, 2.45) is 0 Å². The molecule has 2 aromatic rings. The van der Waals surface area contributed by atoms with Gasteiger partial charge in [0.2, 0.25) is 5.88 Å². The van der Waals surface area contributed by atoms with Gasteiger partial charge in [0.1, 0.15) is 5.75 Å². The van der Waals surface area contributed by atoms with Crippen LogP contribution in [0.2, 0.25) is 0 Å². The smallest absolute Gasteiger partial charge is 0.290 e. The number of ether oxygens (including phenoxy) is 1. The van der Waals surface area contributed by atoms with Crippen molar-refractivity contribution in [3.8, 4) is 17.4 Å². The van der Waals surface area contributed by atoms with Gasteiger partial charge in [0, 0.05) is 12.3 Å². The Morgan fingerprint density at radius 2 is 2.06 bits per heavy atom. The van der Waals surface area contributed by atoms with E-state index in [4.69, 9.17) is 14.9 Å². The average molecular weight is 236 g/mol. The quantitative estimate of drug-likeness (QED) is 0.683. The second kappa shape index (κ2) is 6.16. The zero-order chi connectivity index (χ0) is 12.7. The Bertz CT molecular complexity index is 507. The topological polar surface area (TPSA) is 95.4 Å². The zero-order valence-corrected chi connectivity index (χ0v) is 9.12. The first-order chi connectivity index (χ1) is 8.13. The molecule has 90 valence electrons. The van der Waals surface area contributed by atoms with Crippen LogP contribution in [0.5, 0.6) is 17.4 Å². The van der Waals surface area contributed by atoms with Crippen LogP contribution in [0.25, 0.3) is 0 Å². The van der Waals surface area contributed by atoms with E-state index >= 15 is 0 Å². The minimum absolute atomic E-state index is 0.149. The van der Waals surface area contributed by atoms with E-state index in [9.17, 15) is 4.79 Å². The van der Waals surface area contributed by atoms with Gasteiger partial charge in [-0.25, -0.2) is 4.98 Å². The number of pyridine rings is 2. The number of aromatic hydroxyl groups is 2. The molecule has 3 N–H and O–H groups in total. The van der Waals surface area contributed by atoms with Crippen molar-refractivity contribution < 1.29 is 14.9 Å². The SMILES string of the molecule is COc1ccc(O)cn1.O=c1[nH]cccc1O. The van der Waals surface area contributed by atoms with Crippen LogP contribution in [0.1, 0.15) is 0 Å². The fraction of sp³-hybridized carbons (Fsp3) is 0.0909. The molecule has 2 rings (SSSR count). The molecule has 17 heavy (non-hydrogen) atoms. The summed E-state index contributed by atoms with van der Waals surface area (Å²) in [6.45, 7) is 0. The number of hydrogen-bond donors (Lipinski definition) is 3. The third-order valence-corrected chi connectivity index (χ3v) is 1.73. The predicted molar refractivity (Wildman–Crippen MR) is 61.2 cm³/mol. The molecule has 0 saturated carbocycles. The summed E-state index contributed by atoms with van der Waals surface area (Å²) in [4.78, 5) is 16.3. The van der Waals surface area contributed by atoms with Crippen LogP contribution in [0.4, 0.5) is 0 Å². The maximum Gasteiger partial charge on any atom is 0.290 e. The molecular weight excluding hydrogens is 224 g/mol. The summed E-state index contributed by atoms with van der Waals surface area (Å²) in [5, 5.41) is 17.3. The Morgan fingerprint density at radius 3 is 2.47 bits per heavy atom. The Morgan fingerprint density at radius 1 is 1.29 bits per heavy atom. The van der Waals surface area contributed by atoms with E-state index in [-0.39, 0.29) is 11.5 Å². The van der Waals surface area contributed by atoms with E-state index < -0.39 is 5.56 Å². The van der Waals surface area contributed by atoms with Crippen molar-refractivity contribution in [3.63, 3.8) is 0 Å². The number of nitrogens with one attached hydrogen (secondary N) is 1. The molecule has 0 amide bonds. The van der Waals surface area contributed by atoms with Crippen molar-refractivity contribution in [1.82, 2.24) is 9.97 Å². The van der Waals surface area contributed by atoms with Gasteiger partial charge in [0.25, 0.3) is 5.56 Å². The Hall–Kier alpha value is -2.50. The molecule has 0 saturated heterocycles. The molecule has 2 heterocycles. The van der Waals surface area contributed by atoms with Gasteiger partial charge in [-0.1, -0.05) is 0 Å². The van der Waals surface area contributed by atoms with Crippen molar-refractivity contribution in [2.75, 3.05) is 7.11 Å². The average Bonchev–Trinajstić information content (AvgIpc) is 2.35. The fourth-order valence-electron chi connectivity index (χ4n) is 0.906. The van der Waals surface area contributed by atoms with Crippen LogP contribution in [0, 0.1) is 0 Å². The summed E-state index contributed by atoms with van der Waals surface area (Å²) in [6.07, 6.45) is 2.79. The van der Waals surface area contributed by atoms with Crippen molar-refractivity contribution in [3.05, 3.63) is 47.0 Å². The number of methoxy groups -OCH3 is 1. The Balaban J connectivity index is 0.000000171. The molecule has 0 fully saturated rings. The Kier molecular flexibility index (Phi) is 4.56. The van der Waals surface area contributed by atoms with E-state index in [1.807, 2.05) is 0 Å². The first-order valence-corrected chi connectivity index (χ1v) is 4.69. The molecule has 0 aromatic carbocycles. The van der Waals surface area contributed by atoms with Gasteiger partial charge < -0.3 is 19.9 Å². The van der Waals surface area contributed by atoms with Crippen molar-refractivity contribution in [1.29, 1.82) is 0 Å². The van der Waals surface area contributed by atoms with Crippen LogP contribution in [0.3, 0.4) is 0 Å². The maximum atomic E-state index is 10.3. The second-order valence-corrected chi connectivity index (χ2v) is 2.94. The minimum atomic E-state index is -0.451. The first-order valence-electron chi connectivity index (χ1n) is 4.69. The van der Waals surface area contributed by atoms with Gasteiger partial charge in [0.05, 0.1) is 13.3 Å². The number of aromatic nitrogens is 2. The highest BCUT2D eigenvalue weighted by Gasteiger charge is 1.89. The zero-order valence-electron chi connectivity index (χ0n) is 9.12. The summed E-state index contributed by atoms with van der Waals surface area (Å²) in [7, 11) is 1.53. The lowest BCUT2D eigenvalue weighted by molar-refractivity contribution is 0.394. The molecule has 0 bridgehead atoms. The summed E-state index contributed by atoms with van der Waals surface area (Å²) in [5.41, 5.74) is -0.451. The molecule has 0 spiro atoms. The number of rotatable bonds is 1. The van der Waals surface area contributed by atoms with Crippen LogP contribution in [-0.2, 0) is 0 Å². The molecule has 6 heteroatoms. The maximum absolute atomic E-state index is 10.3. The van der Waals surface area contributed by atoms with Gasteiger partial charge in [0.15, 0.2) is 5.75 Å². The summed E-state index contributed by atoms with van der Waals surface area (Å²) < 4.78 is 4.75. The van der Waals surface area contributed by atoms with E-state index in [1.165, 1.54) is 31.6 Å². The Labute approximate surface area is 97.2 Å². The summed E-state index contributed by atoms with van der Waals surface area (Å²) in [5.74, 6) is 0.413. The molecule has 0 atom stereocenters. The van der Waals surface area contributed by atoms with Crippen LogP contribution in [0.15, 0.2) is 41.5 Å². The lowest BCUT2D eigenvalue weighted by atomic mass is 10.4. The second-order valence-electron chi connectivity index (χ2n) is 2.94. The highest BCUT2D eigenvalue weighted by molar-refractivity contribution is 5.20. The summed E-state index contributed by atoms with van der Waals surface area (Å²) >= 11 is 0. The molecule has 2 aromatic heterocycles. The predicted octanol–water partition coefficient (Wildman–Crippen LogP) is 0.876. The van der Waals surface area contributed by atoms with Gasteiger partial charge in [-0.05, 0) is 18.2 Å². The third-order valence-electron chi connectivity index (χ3n) is 1.73. The largest absolute Gasteiger partial charge is 0.506 e. The monoisotopic (exact) mass is 236 g/mol. The van der Waals surface area contributed by atoms with Crippen molar-refractivity contribution >= 4 is 0 Å². The third kappa shape index (κ3) is 4.25. The normalized spacial score (nSPS) is 9.00. The van der Waals surface area contributed by atoms with E-state index in [2.05, 4.69) is 9.97 Å². The van der Waals surface area contributed by atoms with E-state index in [0.29, 0.717) is 5.88 Å². The molecule has 6 nitrogen and oxygen atoms in total. The number of aromatic amines is 1. The fourth-order valence-corrected chi connectivity index (χ4v) is 0.906. The molecule has 0 aliphatic carbocycles. The standard InChI is InChI=1S/C6H7NO2.C5H5NO2/c1-9-6-3-2-5(8)4-7-6;7-4-2-1-3-6-5(4)8/h2-4,8H,1H3;1-3,7H,(H,6,8). The molecule has 0 aliphatic heterocycles. The van der Waals surface area contributed by atoms with Gasteiger partial charge >= 0.3 is 0 Å². The first kappa shape index (κ1) is 12.6.